The fourth-order valence-electron chi connectivity index (χ4n) is 9.48. The third-order valence-electron chi connectivity index (χ3n) is 12.5. The Labute approximate surface area is 326 Å². The van der Waals surface area contributed by atoms with E-state index >= 15 is 0 Å². The average Bonchev–Trinajstić information content (AvgIpc) is 3.64. The van der Waals surface area contributed by atoms with Crippen LogP contribution in [0.25, 0.3) is 98.5 Å². The molecule has 0 aliphatic rings. The molecule has 0 saturated heterocycles. The Morgan fingerprint density at radius 1 is 0.304 bits per heavy atom. The van der Waals surface area contributed by atoms with Crippen molar-refractivity contribution in [1.82, 2.24) is 9.13 Å². The van der Waals surface area contributed by atoms with Gasteiger partial charge < -0.3 is 9.13 Å². The molecule has 0 radical (unpaired) electrons. The Bertz CT molecular complexity index is 3150. The van der Waals surface area contributed by atoms with Crippen molar-refractivity contribution in [3.8, 4) is 33.6 Å². The van der Waals surface area contributed by atoms with Crippen LogP contribution in [0.4, 0.5) is 0 Å². The lowest BCUT2D eigenvalue weighted by Gasteiger charge is -2.20. The molecule has 0 N–H and O–H groups in total. The van der Waals surface area contributed by atoms with Gasteiger partial charge in [-0.15, -0.1) is 0 Å². The van der Waals surface area contributed by atoms with Crippen molar-refractivity contribution >= 4 is 64.9 Å². The quantitative estimate of drug-likeness (QED) is 0.161. The molecule has 0 aliphatic heterocycles. The Morgan fingerprint density at radius 3 is 1.07 bits per heavy atom. The summed E-state index contributed by atoms with van der Waals surface area (Å²) in [5, 5.41) is 12.6. The third kappa shape index (κ3) is 4.75. The summed E-state index contributed by atoms with van der Waals surface area (Å²) in [5.74, 6) is 0. The summed E-state index contributed by atoms with van der Waals surface area (Å²) in [5.41, 5.74) is 15.0. The highest BCUT2D eigenvalue weighted by atomic mass is 15.0. The zero-order valence-corrected chi connectivity index (χ0v) is 32.1. The first-order chi connectivity index (χ1) is 27.4. The molecule has 0 unspecified atom stereocenters. The van der Waals surface area contributed by atoms with Crippen LogP contribution in [0, 0.1) is 27.7 Å². The summed E-state index contributed by atoms with van der Waals surface area (Å²) in [6.45, 7) is 9.09. The van der Waals surface area contributed by atoms with Gasteiger partial charge in [-0.05, 0) is 165 Å². The van der Waals surface area contributed by atoms with Crippen molar-refractivity contribution in [2.45, 2.75) is 27.7 Å². The molecule has 2 nitrogen and oxygen atoms in total. The Morgan fingerprint density at radius 2 is 0.661 bits per heavy atom. The first-order valence-corrected chi connectivity index (χ1v) is 19.6. The standard InChI is InChI=1S/C54H40N2/c1-33-35(3)55(43-19-7-5-8-20-43)51-31-49-47(29-45(33)51)53(41-25-23-37-15-11-13-17-39(37)27-41)50-32-52-46(34(2)36(4)56(52)44-21-9-6-10-22-44)30-48(50)54(49)42-26-24-38-16-12-14-18-40(38)28-42/h5-32H,1-4H3. The molecule has 11 aromatic rings. The van der Waals surface area contributed by atoms with Crippen LogP contribution in [0.3, 0.4) is 0 Å². The summed E-state index contributed by atoms with van der Waals surface area (Å²) in [7, 11) is 0. The van der Waals surface area contributed by atoms with E-state index in [0.717, 1.165) is 0 Å². The Balaban J connectivity index is 1.38. The minimum Gasteiger partial charge on any atom is -0.314 e. The van der Waals surface area contributed by atoms with Crippen molar-refractivity contribution in [2.24, 2.45) is 0 Å². The lowest BCUT2D eigenvalue weighted by atomic mass is 9.84. The van der Waals surface area contributed by atoms with Gasteiger partial charge in [0, 0.05) is 33.5 Å². The summed E-state index contributed by atoms with van der Waals surface area (Å²) in [6, 6.07) is 63.1. The molecule has 2 aromatic heterocycles. The molecule has 9 aromatic carbocycles. The van der Waals surface area contributed by atoms with Gasteiger partial charge in [0.05, 0.1) is 11.0 Å². The van der Waals surface area contributed by atoms with Crippen LogP contribution < -0.4 is 0 Å². The van der Waals surface area contributed by atoms with Gasteiger partial charge in [0.25, 0.3) is 0 Å². The van der Waals surface area contributed by atoms with Gasteiger partial charge in [-0.1, -0.05) is 109 Å². The van der Waals surface area contributed by atoms with Gasteiger partial charge in [0.1, 0.15) is 0 Å². The Hall–Kier alpha value is -6.90. The highest BCUT2D eigenvalue weighted by molar-refractivity contribution is 6.26. The van der Waals surface area contributed by atoms with Crippen LogP contribution in [-0.2, 0) is 0 Å². The van der Waals surface area contributed by atoms with Gasteiger partial charge in [-0.3, -0.25) is 0 Å². The smallest absolute Gasteiger partial charge is 0.0540 e. The van der Waals surface area contributed by atoms with E-state index in [9.17, 15) is 0 Å². The van der Waals surface area contributed by atoms with E-state index in [0.29, 0.717) is 0 Å². The van der Waals surface area contributed by atoms with Crippen molar-refractivity contribution in [2.75, 3.05) is 0 Å². The molecule has 0 amide bonds. The number of para-hydroxylation sites is 2. The van der Waals surface area contributed by atoms with Gasteiger partial charge in [-0.2, -0.15) is 0 Å². The van der Waals surface area contributed by atoms with Crippen LogP contribution in [0.5, 0.6) is 0 Å². The highest BCUT2D eigenvalue weighted by Gasteiger charge is 2.24. The number of aromatic nitrogens is 2. The van der Waals surface area contributed by atoms with E-state index in [1.807, 2.05) is 0 Å². The van der Waals surface area contributed by atoms with E-state index in [4.69, 9.17) is 0 Å². The van der Waals surface area contributed by atoms with Crippen LogP contribution in [0.2, 0.25) is 0 Å². The summed E-state index contributed by atoms with van der Waals surface area (Å²) in [4.78, 5) is 0. The molecule has 56 heavy (non-hydrogen) atoms. The average molecular weight is 717 g/mol. The number of rotatable bonds is 4. The number of nitrogens with zero attached hydrogens (tertiary/aromatic N) is 2. The maximum atomic E-state index is 2.50. The fourth-order valence-corrected chi connectivity index (χ4v) is 9.48. The van der Waals surface area contributed by atoms with Crippen molar-refractivity contribution in [3.63, 3.8) is 0 Å². The zero-order chi connectivity index (χ0) is 37.7. The molecule has 0 spiro atoms. The first kappa shape index (κ1) is 32.5. The van der Waals surface area contributed by atoms with Crippen LogP contribution in [-0.4, -0.2) is 9.13 Å². The van der Waals surface area contributed by atoms with Crippen LogP contribution in [0.15, 0.2) is 170 Å². The van der Waals surface area contributed by atoms with E-state index < -0.39 is 0 Å². The first-order valence-electron chi connectivity index (χ1n) is 19.6. The number of hydrogen-bond acceptors (Lipinski definition) is 0. The minimum absolute atomic E-state index is 1.18. The normalized spacial score (nSPS) is 11.9. The van der Waals surface area contributed by atoms with Crippen molar-refractivity contribution < 1.29 is 0 Å². The van der Waals surface area contributed by atoms with Gasteiger partial charge >= 0.3 is 0 Å². The molecular weight excluding hydrogens is 677 g/mol. The number of benzene rings is 9. The summed E-state index contributed by atoms with van der Waals surface area (Å²) < 4.78 is 4.90. The van der Waals surface area contributed by atoms with Gasteiger partial charge in [0.15, 0.2) is 0 Å². The number of hydrogen-bond donors (Lipinski definition) is 0. The fraction of sp³-hybridized carbons (Fsp3) is 0.0741. The van der Waals surface area contributed by atoms with E-state index in [-0.39, 0.29) is 0 Å². The SMILES string of the molecule is Cc1c(C)n(-c2ccccc2)c2cc3c(-c4ccc5ccccc5c4)c4cc5c(C)c(C)n(-c6ccccc6)c5cc4c(-c4ccc5ccccc5c4)c3cc12. The summed E-state index contributed by atoms with van der Waals surface area (Å²) in [6.07, 6.45) is 0. The van der Waals surface area contributed by atoms with E-state index in [1.54, 1.807) is 0 Å². The molecule has 2 heteroatoms. The van der Waals surface area contributed by atoms with Gasteiger partial charge in [0.2, 0.25) is 0 Å². The van der Waals surface area contributed by atoms with Crippen LogP contribution in [0.1, 0.15) is 22.5 Å². The topological polar surface area (TPSA) is 9.86 Å². The lowest BCUT2D eigenvalue weighted by Crippen LogP contribution is -1.98. The second-order valence-electron chi connectivity index (χ2n) is 15.5. The monoisotopic (exact) mass is 716 g/mol. The minimum atomic E-state index is 1.18. The van der Waals surface area contributed by atoms with E-state index in [2.05, 4.69) is 207 Å². The molecule has 266 valence electrons. The predicted octanol–water partition coefficient (Wildman–Crippen LogP) is 14.8. The number of aryl methyl sites for hydroxylation is 2. The summed E-state index contributed by atoms with van der Waals surface area (Å²) >= 11 is 0. The lowest BCUT2D eigenvalue weighted by molar-refractivity contribution is 1.04. The maximum absolute atomic E-state index is 2.50. The molecule has 0 saturated carbocycles. The molecule has 0 bridgehead atoms. The van der Waals surface area contributed by atoms with Crippen LogP contribution >= 0.6 is 0 Å². The molecular formula is C54H40N2. The zero-order valence-electron chi connectivity index (χ0n) is 32.1. The number of fused-ring (bicyclic) bond motifs is 6. The molecule has 0 aliphatic carbocycles. The molecule has 2 heterocycles. The largest absolute Gasteiger partial charge is 0.314 e. The second-order valence-corrected chi connectivity index (χ2v) is 15.5. The van der Waals surface area contributed by atoms with Crippen molar-refractivity contribution in [3.05, 3.63) is 192 Å². The molecule has 0 atom stereocenters. The van der Waals surface area contributed by atoms with E-state index in [1.165, 1.54) is 121 Å². The molecule has 0 fully saturated rings. The van der Waals surface area contributed by atoms with Crippen molar-refractivity contribution in [1.29, 1.82) is 0 Å². The second kappa shape index (κ2) is 12.3. The predicted molar refractivity (Wildman–Crippen MR) is 240 cm³/mol. The van der Waals surface area contributed by atoms with Gasteiger partial charge in [-0.25, -0.2) is 0 Å². The highest BCUT2D eigenvalue weighted by Crippen LogP contribution is 2.48. The Kier molecular flexibility index (Phi) is 7.15. The maximum Gasteiger partial charge on any atom is 0.0540 e. The molecule has 11 rings (SSSR count). The third-order valence-corrected chi connectivity index (χ3v) is 12.5.